The van der Waals surface area contributed by atoms with E-state index < -0.39 is 113 Å². The number of nitrogens with zero attached hydrogens (tertiary/aromatic N) is 7. The molecule has 55 heavy (non-hydrogen) atoms. The van der Waals surface area contributed by atoms with E-state index in [0.29, 0.717) is 11.3 Å². The molecule has 10 aromatic rings. The molecule has 0 spiro atoms. The van der Waals surface area contributed by atoms with Gasteiger partial charge < -0.3 is 4.57 Å². The Kier molecular flexibility index (Phi) is 4.99. The van der Waals surface area contributed by atoms with Crippen LogP contribution < -0.4 is 0 Å². The molecule has 0 aliphatic heterocycles. The van der Waals surface area contributed by atoms with Crippen molar-refractivity contribution in [1.29, 1.82) is 0 Å². The van der Waals surface area contributed by atoms with Crippen molar-refractivity contribution in [1.82, 2.24) is 34.5 Å². The lowest BCUT2D eigenvalue weighted by atomic mass is 10.1. The number of benzene rings is 7. The smallest absolute Gasteiger partial charge is 0.166 e. The van der Waals surface area contributed by atoms with Gasteiger partial charge >= 0.3 is 0 Å². The first kappa shape index (κ1) is 20.0. The normalized spacial score (nSPS) is 15.1. The van der Waals surface area contributed by atoms with Crippen molar-refractivity contribution in [3.63, 3.8) is 0 Å². The molecule has 0 atom stereocenters. The predicted octanol–water partition coefficient (Wildman–Crippen LogP) is 11.2. The highest BCUT2D eigenvalue weighted by molar-refractivity contribution is 6.09. The van der Waals surface area contributed by atoms with Crippen LogP contribution in [0.2, 0.25) is 0 Å². The van der Waals surface area contributed by atoms with Gasteiger partial charge in [-0.25, -0.2) is 29.9 Å². The fraction of sp³-hybridized carbons (Fsp3) is 0. The first-order valence-corrected chi connectivity index (χ1v) is 16.9. The summed E-state index contributed by atoms with van der Waals surface area (Å²) in [6, 6.07) is 19.2. The Morgan fingerprint density at radius 2 is 0.745 bits per heavy atom. The molecule has 0 fully saturated rings. The lowest BCUT2D eigenvalue weighted by molar-refractivity contribution is 1.06. The topological polar surface area (TPSA) is 82.3 Å². The van der Waals surface area contributed by atoms with Gasteiger partial charge in [0.1, 0.15) is 0 Å². The summed E-state index contributed by atoms with van der Waals surface area (Å²) in [5.74, 6) is -1.36. The first-order valence-electron chi connectivity index (χ1n) is 24.4. The molecule has 0 radical (unpaired) electrons. The Bertz CT molecular complexity index is 3640. The molecular formula is C48H31N7. The van der Waals surface area contributed by atoms with Gasteiger partial charge in [0.2, 0.25) is 0 Å². The van der Waals surface area contributed by atoms with Crippen LogP contribution >= 0.6 is 0 Å². The number of fused-ring (bicyclic) bond motifs is 3. The highest BCUT2D eigenvalue weighted by Crippen LogP contribution is 2.38. The minimum absolute atomic E-state index is 0.0311. The zero-order valence-electron chi connectivity index (χ0n) is 43.4. The van der Waals surface area contributed by atoms with Crippen molar-refractivity contribution >= 4 is 21.8 Å². The molecule has 0 N–H and O–H groups in total. The molecule has 0 bridgehead atoms. The third-order valence-electron chi connectivity index (χ3n) is 8.79. The molecule has 0 amide bonds. The molecule has 0 unspecified atom stereocenters. The van der Waals surface area contributed by atoms with Gasteiger partial charge in [-0.15, -0.1) is 0 Å². The van der Waals surface area contributed by atoms with Crippen molar-refractivity contribution in [2.75, 3.05) is 0 Å². The molecule has 7 aromatic carbocycles. The highest BCUT2D eigenvalue weighted by Gasteiger charge is 2.21. The van der Waals surface area contributed by atoms with Crippen molar-refractivity contribution < 1.29 is 20.6 Å². The maximum atomic E-state index is 8.92. The molecule has 0 aliphatic rings. The Labute approximate surface area is 338 Å². The fourth-order valence-corrected chi connectivity index (χ4v) is 6.37. The fourth-order valence-electron chi connectivity index (χ4n) is 6.37. The highest BCUT2D eigenvalue weighted by atomic mass is 15.1. The second-order valence-corrected chi connectivity index (χ2v) is 12.1. The summed E-state index contributed by atoms with van der Waals surface area (Å²) in [4.78, 5) is 28.2. The van der Waals surface area contributed by atoms with Gasteiger partial charge in [0.05, 0.1) is 37.3 Å². The Balaban J connectivity index is 1.34. The lowest BCUT2D eigenvalue weighted by Crippen LogP contribution is -2.05. The van der Waals surface area contributed by atoms with Crippen molar-refractivity contribution in [2.45, 2.75) is 0 Å². The second kappa shape index (κ2) is 13.7. The molecule has 0 aliphatic carbocycles. The van der Waals surface area contributed by atoms with Gasteiger partial charge in [0, 0.05) is 44.2 Å². The quantitative estimate of drug-likeness (QED) is 0.163. The number of hydrogen-bond acceptors (Lipinski definition) is 6. The van der Waals surface area contributed by atoms with E-state index in [1.54, 1.807) is 48.5 Å². The van der Waals surface area contributed by atoms with E-state index in [0.717, 1.165) is 21.8 Å². The Morgan fingerprint density at radius 1 is 0.345 bits per heavy atom. The summed E-state index contributed by atoms with van der Waals surface area (Å²) in [6.45, 7) is 0. The summed E-state index contributed by atoms with van der Waals surface area (Å²) in [5, 5.41) is 1.74. The van der Waals surface area contributed by atoms with E-state index in [1.165, 1.54) is 0 Å². The third-order valence-corrected chi connectivity index (χ3v) is 8.79. The van der Waals surface area contributed by atoms with Crippen LogP contribution in [0.25, 0.3) is 95.8 Å². The molecule has 7 nitrogen and oxygen atoms in total. The van der Waals surface area contributed by atoms with Crippen LogP contribution in [-0.4, -0.2) is 34.5 Å². The van der Waals surface area contributed by atoms with Crippen LogP contribution in [0.5, 0.6) is 0 Å². The molecule has 3 aromatic heterocycles. The van der Waals surface area contributed by atoms with Gasteiger partial charge in [0.15, 0.2) is 34.9 Å². The lowest BCUT2D eigenvalue weighted by Gasteiger charge is -2.16. The van der Waals surface area contributed by atoms with Crippen LogP contribution in [0.4, 0.5) is 0 Å². The predicted molar refractivity (Wildman–Crippen MR) is 220 cm³/mol. The maximum absolute atomic E-state index is 8.92. The minimum atomic E-state index is -0.700. The monoisotopic (exact) mass is 720 g/mol. The van der Waals surface area contributed by atoms with Crippen LogP contribution in [0.15, 0.2) is 188 Å². The van der Waals surface area contributed by atoms with E-state index in [2.05, 4.69) is 9.97 Å². The van der Waals surface area contributed by atoms with Gasteiger partial charge in [0.25, 0.3) is 0 Å². The summed E-state index contributed by atoms with van der Waals surface area (Å²) < 4.78 is 131. The van der Waals surface area contributed by atoms with E-state index >= 15 is 0 Å². The Morgan fingerprint density at radius 3 is 1.24 bits per heavy atom. The zero-order chi connectivity index (χ0) is 49.6. The third kappa shape index (κ3) is 5.99. The summed E-state index contributed by atoms with van der Waals surface area (Å²) in [6.07, 6.45) is 0. The maximum Gasteiger partial charge on any atom is 0.166 e. The average molecular weight is 721 g/mol. The minimum Gasteiger partial charge on any atom is -0.309 e. The van der Waals surface area contributed by atoms with Crippen LogP contribution in [0, 0.1) is 0 Å². The van der Waals surface area contributed by atoms with Gasteiger partial charge in [-0.3, -0.25) is 0 Å². The Hall–Kier alpha value is -7.64. The van der Waals surface area contributed by atoms with Crippen LogP contribution in [-0.2, 0) is 0 Å². The SMILES string of the molecule is [2H]c1c([2H])c([2H])c(-c2nc(-c3ccccc3)nc(-c3ccc(-n4c5ccccc5c5ccccc54)c(-c4nc(-c5c([2H])c([2H])c([2H])c([2H])c5[2H])nc(-c5c([2H])c([2H])c([2H])c([2H])c5[2H])n4)c3)n2)c([2H])c1[2H]. The standard InChI is InChI=1S/C48H31N7/c1-5-17-32(18-6-1)43-49-44(33-19-7-2-8-20-33)52-47(51-43)36-29-30-42(55-40-27-15-13-25-37(40)38-26-14-16-28-41(38)55)39(31-36)48-53-45(34-21-9-3-10-22-34)50-46(54-48)35-23-11-4-12-24-35/h1-31H/i1D,3D,4D,5D,6D,9D,10D,11D,12D,17D,18D,21D,22D,23D,24D. The molecule has 10 rings (SSSR count). The molecule has 7 heteroatoms. The average Bonchev–Trinajstić information content (AvgIpc) is 3.71. The number of hydrogen-bond donors (Lipinski definition) is 0. The largest absolute Gasteiger partial charge is 0.309 e. The number of para-hydroxylation sites is 2. The van der Waals surface area contributed by atoms with Gasteiger partial charge in [-0.05, 0) is 30.3 Å². The van der Waals surface area contributed by atoms with Crippen molar-refractivity contribution in [3.05, 3.63) is 188 Å². The summed E-state index contributed by atoms with van der Waals surface area (Å²) in [5.41, 5.74) is 1.62. The molecular weight excluding hydrogens is 675 g/mol. The summed E-state index contributed by atoms with van der Waals surface area (Å²) >= 11 is 0. The van der Waals surface area contributed by atoms with E-state index in [-0.39, 0.29) is 40.0 Å². The van der Waals surface area contributed by atoms with Crippen LogP contribution in [0.1, 0.15) is 20.6 Å². The van der Waals surface area contributed by atoms with Crippen LogP contribution in [0.3, 0.4) is 0 Å². The van der Waals surface area contributed by atoms with Gasteiger partial charge in [-0.1, -0.05) is 157 Å². The number of rotatable bonds is 7. The molecule has 0 saturated heterocycles. The van der Waals surface area contributed by atoms with Crippen molar-refractivity contribution in [2.24, 2.45) is 0 Å². The number of aromatic nitrogens is 7. The van der Waals surface area contributed by atoms with Crippen molar-refractivity contribution in [3.8, 4) is 74.0 Å². The van der Waals surface area contributed by atoms with E-state index in [1.807, 2.05) is 53.1 Å². The first-order chi connectivity index (χ1) is 33.5. The zero-order valence-corrected chi connectivity index (χ0v) is 28.4. The van der Waals surface area contributed by atoms with E-state index in [9.17, 15) is 0 Å². The van der Waals surface area contributed by atoms with E-state index in [4.69, 9.17) is 40.5 Å². The molecule has 0 saturated carbocycles. The second-order valence-electron chi connectivity index (χ2n) is 12.1. The molecule has 258 valence electrons. The van der Waals surface area contributed by atoms with Gasteiger partial charge in [-0.2, -0.15) is 0 Å². The molecule has 3 heterocycles. The summed E-state index contributed by atoms with van der Waals surface area (Å²) in [7, 11) is 0.